The Labute approximate surface area is 206 Å². The minimum absolute atomic E-state index is 0.0104. The zero-order valence-electron chi connectivity index (χ0n) is 20.3. The van der Waals surface area contributed by atoms with Crippen LogP contribution in [0.15, 0.2) is 72.8 Å². The molecule has 0 unspecified atom stereocenters. The summed E-state index contributed by atoms with van der Waals surface area (Å²) in [6.45, 7) is 6.24. The molecule has 1 aliphatic rings. The van der Waals surface area contributed by atoms with Gasteiger partial charge in [0.05, 0.1) is 6.61 Å². The summed E-state index contributed by atoms with van der Waals surface area (Å²) < 4.78 is 11.3. The smallest absolute Gasteiger partial charge is 0.253 e. The largest absolute Gasteiger partial charge is 0.494 e. The number of benzene rings is 3. The van der Waals surface area contributed by atoms with Gasteiger partial charge in [0.25, 0.3) is 11.8 Å². The Morgan fingerprint density at radius 3 is 2.34 bits per heavy atom. The number of hydrogen-bond acceptors (Lipinski definition) is 4. The van der Waals surface area contributed by atoms with E-state index in [4.69, 9.17) is 9.47 Å². The van der Waals surface area contributed by atoms with Crippen molar-refractivity contribution in [1.82, 2.24) is 10.2 Å². The Morgan fingerprint density at radius 1 is 0.886 bits per heavy atom. The zero-order valence-corrected chi connectivity index (χ0v) is 20.3. The zero-order chi connectivity index (χ0) is 24.6. The van der Waals surface area contributed by atoms with Crippen LogP contribution in [-0.4, -0.2) is 42.5 Å². The molecular formula is C29H32N2O4. The molecule has 0 bridgehead atoms. The maximum absolute atomic E-state index is 12.8. The number of rotatable bonds is 8. The molecule has 0 atom stereocenters. The number of nitrogens with one attached hydrogen (secondary N) is 1. The summed E-state index contributed by atoms with van der Waals surface area (Å²) in [5.74, 6) is 1.31. The average Bonchev–Trinajstić information content (AvgIpc) is 2.88. The summed E-state index contributed by atoms with van der Waals surface area (Å²) in [6, 6.07) is 22.7. The molecule has 1 fully saturated rings. The SMILES string of the molecule is CCOc1ccc(C(=O)N2CCC(NC(=O)c3cccc(OCc4cccc(C)c4)c3)CC2)cc1. The molecule has 182 valence electrons. The van der Waals surface area contributed by atoms with Crippen molar-refractivity contribution in [3.63, 3.8) is 0 Å². The predicted molar refractivity (Wildman–Crippen MR) is 136 cm³/mol. The highest BCUT2D eigenvalue weighted by Crippen LogP contribution is 2.19. The fourth-order valence-corrected chi connectivity index (χ4v) is 4.23. The van der Waals surface area contributed by atoms with Gasteiger partial charge in [-0.3, -0.25) is 9.59 Å². The van der Waals surface area contributed by atoms with Crippen LogP contribution in [0.25, 0.3) is 0 Å². The average molecular weight is 473 g/mol. The van der Waals surface area contributed by atoms with Crippen molar-refractivity contribution < 1.29 is 19.1 Å². The molecule has 1 heterocycles. The van der Waals surface area contributed by atoms with E-state index in [0.717, 1.165) is 24.2 Å². The van der Waals surface area contributed by atoms with Gasteiger partial charge in [-0.1, -0.05) is 35.9 Å². The highest BCUT2D eigenvalue weighted by atomic mass is 16.5. The van der Waals surface area contributed by atoms with Crippen LogP contribution in [0.3, 0.4) is 0 Å². The number of carbonyl (C=O) groups excluding carboxylic acids is 2. The Balaban J connectivity index is 1.27. The van der Waals surface area contributed by atoms with Crippen LogP contribution in [0.4, 0.5) is 0 Å². The Kier molecular flexibility index (Phi) is 8.03. The second-order valence-corrected chi connectivity index (χ2v) is 8.80. The monoisotopic (exact) mass is 472 g/mol. The van der Waals surface area contributed by atoms with Crippen molar-refractivity contribution in [1.29, 1.82) is 0 Å². The lowest BCUT2D eigenvalue weighted by atomic mass is 10.0. The molecule has 1 N–H and O–H groups in total. The van der Waals surface area contributed by atoms with E-state index in [1.54, 1.807) is 24.3 Å². The topological polar surface area (TPSA) is 67.9 Å². The maximum atomic E-state index is 12.8. The van der Waals surface area contributed by atoms with Gasteiger partial charge in [-0.25, -0.2) is 0 Å². The van der Waals surface area contributed by atoms with Crippen LogP contribution < -0.4 is 14.8 Å². The molecule has 1 saturated heterocycles. The lowest BCUT2D eigenvalue weighted by molar-refractivity contribution is 0.0698. The van der Waals surface area contributed by atoms with Gasteiger partial charge in [-0.2, -0.15) is 0 Å². The second kappa shape index (κ2) is 11.6. The molecule has 3 aromatic rings. The van der Waals surface area contributed by atoms with E-state index in [-0.39, 0.29) is 17.9 Å². The highest BCUT2D eigenvalue weighted by Gasteiger charge is 2.25. The first-order valence-electron chi connectivity index (χ1n) is 12.1. The molecule has 3 aromatic carbocycles. The molecule has 0 aromatic heterocycles. The minimum atomic E-state index is -0.123. The number of ether oxygens (including phenoxy) is 2. The van der Waals surface area contributed by atoms with Gasteiger partial charge in [0.1, 0.15) is 18.1 Å². The van der Waals surface area contributed by atoms with Crippen LogP contribution in [0.2, 0.25) is 0 Å². The third-order valence-electron chi connectivity index (χ3n) is 6.11. The Hall–Kier alpha value is -3.80. The molecule has 2 amide bonds. The first kappa shape index (κ1) is 24.3. The van der Waals surface area contributed by atoms with Crippen LogP contribution in [0.1, 0.15) is 51.6 Å². The number of aryl methyl sites for hydroxylation is 1. The van der Waals surface area contributed by atoms with Crippen molar-refractivity contribution in [3.8, 4) is 11.5 Å². The van der Waals surface area contributed by atoms with Gasteiger partial charge < -0.3 is 19.7 Å². The molecule has 0 saturated carbocycles. The molecular weight excluding hydrogens is 440 g/mol. The fraction of sp³-hybridized carbons (Fsp3) is 0.310. The standard InChI is InChI=1S/C29H32N2O4/c1-3-34-26-12-10-23(11-13-26)29(33)31-16-14-25(15-17-31)30-28(32)24-8-5-9-27(19-24)35-20-22-7-4-6-21(2)18-22/h4-13,18-19,25H,3,14-17,20H2,1-2H3,(H,30,32). The number of amides is 2. The first-order valence-corrected chi connectivity index (χ1v) is 12.1. The molecule has 0 radical (unpaired) electrons. The number of nitrogens with zero attached hydrogens (tertiary/aromatic N) is 1. The number of piperidine rings is 1. The van der Waals surface area contributed by atoms with Crippen molar-refractivity contribution in [2.24, 2.45) is 0 Å². The van der Waals surface area contributed by atoms with Crippen molar-refractivity contribution in [2.75, 3.05) is 19.7 Å². The van der Waals surface area contributed by atoms with E-state index in [0.29, 0.717) is 43.2 Å². The normalized spacial score (nSPS) is 13.8. The Morgan fingerprint density at radius 2 is 1.63 bits per heavy atom. The summed E-state index contributed by atoms with van der Waals surface area (Å²) in [7, 11) is 0. The van der Waals surface area contributed by atoms with E-state index < -0.39 is 0 Å². The van der Waals surface area contributed by atoms with E-state index in [2.05, 4.69) is 24.4 Å². The summed E-state index contributed by atoms with van der Waals surface area (Å²) >= 11 is 0. The van der Waals surface area contributed by atoms with Crippen molar-refractivity contribution >= 4 is 11.8 Å². The quantitative estimate of drug-likeness (QED) is 0.501. The summed E-state index contributed by atoms with van der Waals surface area (Å²) in [6.07, 6.45) is 1.44. The van der Waals surface area contributed by atoms with Gasteiger partial charge in [0, 0.05) is 30.3 Å². The van der Waals surface area contributed by atoms with E-state index in [9.17, 15) is 9.59 Å². The third-order valence-corrected chi connectivity index (χ3v) is 6.11. The molecule has 0 aliphatic carbocycles. The van der Waals surface area contributed by atoms with Crippen LogP contribution in [-0.2, 0) is 6.61 Å². The highest BCUT2D eigenvalue weighted by molar-refractivity contribution is 5.95. The first-order chi connectivity index (χ1) is 17.0. The van der Waals surface area contributed by atoms with Gasteiger partial charge in [0.15, 0.2) is 0 Å². The lowest BCUT2D eigenvalue weighted by Gasteiger charge is -2.32. The number of carbonyl (C=O) groups is 2. The van der Waals surface area contributed by atoms with E-state index in [1.165, 1.54) is 5.56 Å². The lowest BCUT2D eigenvalue weighted by Crippen LogP contribution is -2.46. The van der Waals surface area contributed by atoms with Gasteiger partial charge >= 0.3 is 0 Å². The number of hydrogen-bond donors (Lipinski definition) is 1. The molecule has 0 spiro atoms. The minimum Gasteiger partial charge on any atom is -0.494 e. The van der Waals surface area contributed by atoms with Crippen molar-refractivity contribution in [3.05, 3.63) is 95.1 Å². The van der Waals surface area contributed by atoms with Crippen molar-refractivity contribution in [2.45, 2.75) is 39.3 Å². The molecule has 4 rings (SSSR count). The second-order valence-electron chi connectivity index (χ2n) is 8.80. The molecule has 35 heavy (non-hydrogen) atoms. The van der Waals surface area contributed by atoms with Gasteiger partial charge in [0.2, 0.25) is 0 Å². The van der Waals surface area contributed by atoms with E-state index in [1.807, 2.05) is 48.2 Å². The van der Waals surface area contributed by atoms with Gasteiger partial charge in [-0.05, 0) is 74.7 Å². The fourth-order valence-electron chi connectivity index (χ4n) is 4.23. The van der Waals surface area contributed by atoms with Crippen LogP contribution >= 0.6 is 0 Å². The third kappa shape index (κ3) is 6.63. The molecule has 6 nitrogen and oxygen atoms in total. The van der Waals surface area contributed by atoms with Crippen LogP contribution in [0.5, 0.6) is 11.5 Å². The van der Waals surface area contributed by atoms with Gasteiger partial charge in [-0.15, -0.1) is 0 Å². The Bertz CT molecular complexity index is 1150. The summed E-state index contributed by atoms with van der Waals surface area (Å²) in [5, 5.41) is 3.12. The molecule has 6 heteroatoms. The maximum Gasteiger partial charge on any atom is 0.253 e. The predicted octanol–water partition coefficient (Wildman–Crippen LogP) is 5.01. The van der Waals surface area contributed by atoms with E-state index >= 15 is 0 Å². The molecule has 1 aliphatic heterocycles. The van der Waals surface area contributed by atoms with Crippen LogP contribution in [0, 0.1) is 6.92 Å². The summed E-state index contributed by atoms with van der Waals surface area (Å²) in [4.78, 5) is 27.5. The summed E-state index contributed by atoms with van der Waals surface area (Å²) in [5.41, 5.74) is 3.50. The number of likely N-dealkylation sites (tertiary alicyclic amines) is 1.